The number of phosphoric acid groups is 1. The minimum Gasteiger partial charge on any atom is -0.457 e. The van der Waals surface area contributed by atoms with Gasteiger partial charge in [-0.25, -0.2) is 4.57 Å². The molecule has 64 heavy (non-hydrogen) atoms. The highest BCUT2D eigenvalue weighted by molar-refractivity contribution is 7.47. The van der Waals surface area contributed by atoms with Crippen LogP contribution in [0.1, 0.15) is 290 Å². The fourth-order valence-corrected chi connectivity index (χ4v) is 9.30. The van der Waals surface area contributed by atoms with Gasteiger partial charge >= 0.3 is 13.8 Å². The van der Waals surface area contributed by atoms with Crippen LogP contribution in [-0.4, -0.2) is 75.6 Å². The zero-order valence-corrected chi connectivity index (χ0v) is 44.7. The van der Waals surface area contributed by atoms with Crippen molar-refractivity contribution in [2.24, 2.45) is 0 Å². The number of nitrogens with zero attached hydrogens (tertiary/aromatic N) is 1. The third-order valence-electron chi connectivity index (χ3n) is 12.9. The van der Waals surface area contributed by atoms with Crippen LogP contribution in [0.4, 0.5) is 0 Å². The number of carbonyl (C=O) groups is 1. The lowest BCUT2D eigenvalue weighted by Crippen LogP contribution is -2.37. The van der Waals surface area contributed by atoms with Crippen molar-refractivity contribution in [3.05, 3.63) is 0 Å². The molecule has 0 heterocycles. The van der Waals surface area contributed by atoms with E-state index >= 15 is 0 Å². The largest absolute Gasteiger partial charge is 0.472 e. The van der Waals surface area contributed by atoms with Gasteiger partial charge in [-0.15, -0.1) is 0 Å². The second-order valence-corrected chi connectivity index (χ2v) is 22.1. The molecule has 0 spiro atoms. The summed E-state index contributed by atoms with van der Waals surface area (Å²) in [5.74, 6) is -0.303. The molecule has 1 N–H and O–H groups in total. The molecular weight excluding hydrogens is 818 g/mol. The summed E-state index contributed by atoms with van der Waals surface area (Å²) in [6.45, 7) is 5.72. The first kappa shape index (κ1) is 63.5. The summed E-state index contributed by atoms with van der Waals surface area (Å²) in [6, 6.07) is 0. The number of ether oxygens (including phenoxy) is 2. The lowest BCUT2D eigenvalue weighted by molar-refractivity contribution is -0.870. The Morgan fingerprint density at radius 1 is 0.422 bits per heavy atom. The number of esters is 1. The summed E-state index contributed by atoms with van der Waals surface area (Å²) in [5, 5.41) is 0. The molecule has 0 amide bonds. The molecule has 0 aromatic heterocycles. The van der Waals surface area contributed by atoms with Crippen molar-refractivity contribution in [1.29, 1.82) is 0 Å². The third kappa shape index (κ3) is 52.5. The average Bonchev–Trinajstić information content (AvgIpc) is 3.25. The van der Waals surface area contributed by atoms with E-state index in [4.69, 9.17) is 18.5 Å². The molecule has 0 bridgehead atoms. The Kier molecular flexibility index (Phi) is 48.6. The van der Waals surface area contributed by atoms with Crippen LogP contribution in [0.5, 0.6) is 0 Å². The van der Waals surface area contributed by atoms with Gasteiger partial charge in [0.2, 0.25) is 0 Å². The molecule has 0 fully saturated rings. The number of carbonyl (C=O) groups excluding carboxylic acids is 1. The van der Waals surface area contributed by atoms with Gasteiger partial charge in [0, 0.05) is 13.0 Å². The van der Waals surface area contributed by atoms with Gasteiger partial charge in [-0.05, 0) is 12.8 Å². The summed E-state index contributed by atoms with van der Waals surface area (Å²) < 4.78 is 35.2. The van der Waals surface area contributed by atoms with Crippen LogP contribution in [0.25, 0.3) is 0 Å². The Morgan fingerprint density at radius 2 is 0.719 bits per heavy atom. The van der Waals surface area contributed by atoms with Crippen LogP contribution >= 0.6 is 7.82 Å². The molecule has 9 heteroatoms. The quantitative estimate of drug-likeness (QED) is 0.0281. The molecule has 2 unspecified atom stereocenters. The van der Waals surface area contributed by atoms with E-state index in [-0.39, 0.29) is 25.8 Å². The molecule has 0 aliphatic heterocycles. The van der Waals surface area contributed by atoms with E-state index in [1.54, 1.807) is 0 Å². The summed E-state index contributed by atoms with van der Waals surface area (Å²) in [5.41, 5.74) is 0. The van der Waals surface area contributed by atoms with Gasteiger partial charge in [0.1, 0.15) is 19.3 Å². The van der Waals surface area contributed by atoms with Crippen molar-refractivity contribution in [3.63, 3.8) is 0 Å². The average molecular weight is 931 g/mol. The monoisotopic (exact) mass is 931 g/mol. The van der Waals surface area contributed by atoms with Crippen molar-refractivity contribution < 1.29 is 37.3 Å². The van der Waals surface area contributed by atoms with E-state index in [2.05, 4.69) is 13.8 Å². The number of phosphoric ester groups is 1. The van der Waals surface area contributed by atoms with Crippen LogP contribution in [0.2, 0.25) is 0 Å². The van der Waals surface area contributed by atoms with Gasteiger partial charge in [0.15, 0.2) is 0 Å². The number of quaternary nitrogens is 1. The summed E-state index contributed by atoms with van der Waals surface area (Å²) in [7, 11) is 1.69. The molecular formula is C55H113NO7P+. The zero-order valence-electron chi connectivity index (χ0n) is 43.8. The third-order valence-corrected chi connectivity index (χ3v) is 13.9. The first-order valence-electron chi connectivity index (χ1n) is 28.3. The van der Waals surface area contributed by atoms with E-state index < -0.39 is 13.9 Å². The van der Waals surface area contributed by atoms with Gasteiger partial charge in [0.25, 0.3) is 0 Å². The normalized spacial score (nSPS) is 13.4. The number of likely N-dealkylation sites (N-methyl/N-ethyl adjacent to an activating group) is 1. The molecule has 0 saturated carbocycles. The van der Waals surface area contributed by atoms with Crippen molar-refractivity contribution in [2.45, 2.75) is 296 Å². The first-order valence-corrected chi connectivity index (χ1v) is 29.8. The number of hydrogen-bond acceptors (Lipinski definition) is 6. The Labute approximate surface area is 399 Å². The highest BCUT2D eigenvalue weighted by atomic mass is 31.2. The predicted octanol–water partition coefficient (Wildman–Crippen LogP) is 17.6. The summed E-state index contributed by atoms with van der Waals surface area (Å²) >= 11 is 0. The van der Waals surface area contributed by atoms with Gasteiger partial charge in [-0.1, -0.05) is 271 Å². The standard InChI is InChI=1S/C55H112NO7P/c1-6-8-10-12-14-16-18-20-22-24-25-26-27-28-29-30-31-32-34-36-38-40-42-44-46-48-55(57)63-54(53-62-64(58,59)61-51-49-56(3,4)5)52-60-50-47-45-43-41-39-37-35-33-23-21-19-17-15-13-11-9-7-2/h54H,6-53H2,1-5H3/p+1. The van der Waals surface area contributed by atoms with Crippen LogP contribution in [0.15, 0.2) is 0 Å². The molecule has 8 nitrogen and oxygen atoms in total. The second-order valence-electron chi connectivity index (χ2n) is 20.7. The Bertz CT molecular complexity index is 992. The van der Waals surface area contributed by atoms with Crippen molar-refractivity contribution in [1.82, 2.24) is 0 Å². The molecule has 0 saturated heterocycles. The Hall–Kier alpha value is -0.500. The van der Waals surface area contributed by atoms with Gasteiger partial charge in [-0.3, -0.25) is 13.8 Å². The molecule has 2 atom stereocenters. The van der Waals surface area contributed by atoms with E-state index in [0.29, 0.717) is 24.1 Å². The molecule has 0 aromatic rings. The molecule has 0 radical (unpaired) electrons. The molecule has 0 rings (SSSR count). The topological polar surface area (TPSA) is 91.3 Å². The highest BCUT2D eigenvalue weighted by Crippen LogP contribution is 2.43. The van der Waals surface area contributed by atoms with Gasteiger partial charge in [-0.2, -0.15) is 0 Å². The minimum absolute atomic E-state index is 0.0944. The van der Waals surface area contributed by atoms with E-state index in [1.807, 2.05) is 21.1 Å². The summed E-state index contributed by atoms with van der Waals surface area (Å²) in [6.07, 6.45) is 55.9. The molecule has 384 valence electrons. The Balaban J connectivity index is 4.00. The molecule has 0 aliphatic rings. The fraction of sp³-hybridized carbons (Fsp3) is 0.982. The highest BCUT2D eigenvalue weighted by Gasteiger charge is 2.26. The smallest absolute Gasteiger partial charge is 0.457 e. The van der Waals surface area contributed by atoms with E-state index in [1.165, 1.54) is 238 Å². The molecule has 0 aromatic carbocycles. The Morgan fingerprint density at radius 3 is 1.03 bits per heavy atom. The maximum absolute atomic E-state index is 12.8. The first-order chi connectivity index (χ1) is 31.1. The maximum atomic E-state index is 12.8. The van der Waals surface area contributed by atoms with Crippen LogP contribution in [-0.2, 0) is 27.9 Å². The van der Waals surface area contributed by atoms with Crippen molar-refractivity contribution >= 4 is 13.8 Å². The van der Waals surface area contributed by atoms with Gasteiger partial charge < -0.3 is 18.9 Å². The summed E-state index contributed by atoms with van der Waals surface area (Å²) in [4.78, 5) is 23.1. The fourth-order valence-electron chi connectivity index (χ4n) is 8.56. The van der Waals surface area contributed by atoms with Crippen LogP contribution in [0.3, 0.4) is 0 Å². The van der Waals surface area contributed by atoms with E-state index in [0.717, 1.165) is 32.1 Å². The second kappa shape index (κ2) is 48.9. The number of hydrogen-bond donors (Lipinski definition) is 1. The lowest BCUT2D eigenvalue weighted by Gasteiger charge is -2.24. The van der Waals surface area contributed by atoms with Crippen molar-refractivity contribution in [2.75, 3.05) is 54.1 Å². The van der Waals surface area contributed by atoms with Crippen molar-refractivity contribution in [3.8, 4) is 0 Å². The maximum Gasteiger partial charge on any atom is 0.472 e. The minimum atomic E-state index is -4.27. The predicted molar refractivity (Wildman–Crippen MR) is 275 cm³/mol. The molecule has 0 aliphatic carbocycles. The lowest BCUT2D eigenvalue weighted by atomic mass is 10.0. The van der Waals surface area contributed by atoms with E-state index in [9.17, 15) is 14.3 Å². The van der Waals surface area contributed by atoms with Gasteiger partial charge in [0.05, 0.1) is 34.4 Å². The van der Waals surface area contributed by atoms with Crippen LogP contribution < -0.4 is 0 Å². The SMILES string of the molecule is CCCCCCCCCCCCCCCCCCCCCCCCCCCC(=O)OC(COCCCCCCCCCCCCCCCCCCC)COP(=O)(O)OCC[N+](C)(C)C. The number of unbranched alkanes of at least 4 members (excludes halogenated alkanes) is 40. The van der Waals surface area contributed by atoms with Crippen LogP contribution in [0, 0.1) is 0 Å². The number of rotatable bonds is 54. The zero-order chi connectivity index (χ0) is 46.9.